The van der Waals surface area contributed by atoms with Crippen molar-refractivity contribution in [1.29, 1.82) is 0 Å². The maximum absolute atomic E-state index is 5.78. The van der Waals surface area contributed by atoms with Crippen molar-refractivity contribution in [3.63, 3.8) is 0 Å². The first kappa shape index (κ1) is 15.0. The van der Waals surface area contributed by atoms with Crippen molar-refractivity contribution in [2.24, 2.45) is 0 Å². The van der Waals surface area contributed by atoms with Crippen LogP contribution in [0.15, 0.2) is 30.3 Å². The van der Waals surface area contributed by atoms with Crippen LogP contribution in [0.4, 0.5) is 0 Å². The lowest BCUT2D eigenvalue weighted by molar-refractivity contribution is 0.0738. The van der Waals surface area contributed by atoms with Gasteiger partial charge in [0.1, 0.15) is 0 Å². The Balaban J connectivity index is 1.40. The highest BCUT2D eigenvalue weighted by molar-refractivity contribution is 5.14. The van der Waals surface area contributed by atoms with Crippen LogP contribution in [-0.4, -0.2) is 42.8 Å². The Morgan fingerprint density at radius 1 is 1.19 bits per heavy atom. The molecule has 0 aliphatic carbocycles. The number of ether oxygens (including phenoxy) is 1. The summed E-state index contributed by atoms with van der Waals surface area (Å²) in [5.41, 5.74) is 1.43. The Morgan fingerprint density at radius 2 is 1.95 bits per heavy atom. The second kappa shape index (κ2) is 7.39. The van der Waals surface area contributed by atoms with Crippen LogP contribution in [-0.2, 0) is 11.3 Å². The highest BCUT2D eigenvalue weighted by Crippen LogP contribution is 2.19. The summed E-state index contributed by atoms with van der Waals surface area (Å²) in [5.74, 6) is 0. The fourth-order valence-corrected chi connectivity index (χ4v) is 3.58. The summed E-state index contributed by atoms with van der Waals surface area (Å²) in [6.45, 7) is 6.73. The van der Waals surface area contributed by atoms with Gasteiger partial charge < -0.3 is 10.1 Å². The van der Waals surface area contributed by atoms with Gasteiger partial charge in [0.25, 0.3) is 0 Å². The van der Waals surface area contributed by atoms with Gasteiger partial charge in [0.05, 0.1) is 6.10 Å². The summed E-state index contributed by atoms with van der Waals surface area (Å²) in [4.78, 5) is 2.57. The van der Waals surface area contributed by atoms with Crippen molar-refractivity contribution < 1.29 is 4.74 Å². The van der Waals surface area contributed by atoms with Gasteiger partial charge in [-0.3, -0.25) is 4.90 Å². The predicted molar refractivity (Wildman–Crippen MR) is 86.3 cm³/mol. The topological polar surface area (TPSA) is 24.5 Å². The molecule has 2 atom stereocenters. The summed E-state index contributed by atoms with van der Waals surface area (Å²) in [6, 6.07) is 12.0. The molecule has 3 rings (SSSR count). The van der Waals surface area contributed by atoms with Crippen molar-refractivity contribution in [2.45, 2.75) is 57.3 Å². The fourth-order valence-electron chi connectivity index (χ4n) is 3.58. The SMILES string of the molecule is CC(NC1CCN(Cc2ccccc2)CC1)C1CCCO1. The molecule has 2 heterocycles. The molecule has 2 unspecified atom stereocenters. The molecule has 2 aliphatic rings. The van der Waals surface area contributed by atoms with E-state index in [4.69, 9.17) is 4.74 Å². The predicted octanol–water partition coefficient (Wildman–Crippen LogP) is 2.81. The molecule has 0 bridgehead atoms. The lowest BCUT2D eigenvalue weighted by Crippen LogP contribution is -2.48. The van der Waals surface area contributed by atoms with Crippen molar-refractivity contribution in [2.75, 3.05) is 19.7 Å². The van der Waals surface area contributed by atoms with E-state index in [2.05, 4.69) is 47.5 Å². The normalized spacial score (nSPS) is 26.0. The zero-order valence-electron chi connectivity index (χ0n) is 13.1. The second-order valence-corrected chi connectivity index (χ2v) is 6.54. The van der Waals surface area contributed by atoms with Gasteiger partial charge in [-0.2, -0.15) is 0 Å². The van der Waals surface area contributed by atoms with Crippen LogP contribution in [0.3, 0.4) is 0 Å². The van der Waals surface area contributed by atoms with E-state index in [0.717, 1.165) is 13.2 Å². The van der Waals surface area contributed by atoms with E-state index in [0.29, 0.717) is 18.2 Å². The number of likely N-dealkylation sites (tertiary alicyclic amines) is 1. The first-order valence-corrected chi connectivity index (χ1v) is 8.45. The standard InChI is InChI=1S/C18H28N2O/c1-15(18-8-5-13-21-18)19-17-9-11-20(12-10-17)14-16-6-3-2-4-7-16/h2-4,6-7,15,17-19H,5,8-14H2,1H3. The summed E-state index contributed by atoms with van der Waals surface area (Å²) < 4.78 is 5.78. The average Bonchev–Trinajstić information content (AvgIpc) is 3.05. The molecule has 0 spiro atoms. The zero-order valence-corrected chi connectivity index (χ0v) is 13.1. The van der Waals surface area contributed by atoms with Gasteiger partial charge in [-0.05, 0) is 51.3 Å². The molecule has 0 amide bonds. The maximum Gasteiger partial charge on any atom is 0.0726 e. The number of nitrogens with one attached hydrogen (secondary N) is 1. The number of rotatable bonds is 5. The average molecular weight is 288 g/mol. The van der Waals surface area contributed by atoms with E-state index >= 15 is 0 Å². The monoisotopic (exact) mass is 288 g/mol. The molecule has 3 nitrogen and oxygen atoms in total. The Hall–Kier alpha value is -0.900. The summed E-state index contributed by atoms with van der Waals surface area (Å²) >= 11 is 0. The molecule has 116 valence electrons. The number of hydrogen-bond donors (Lipinski definition) is 1. The number of nitrogens with zero attached hydrogens (tertiary/aromatic N) is 1. The van der Waals surface area contributed by atoms with Crippen molar-refractivity contribution in [3.8, 4) is 0 Å². The second-order valence-electron chi connectivity index (χ2n) is 6.54. The lowest BCUT2D eigenvalue weighted by atomic mass is 10.0. The Kier molecular flexibility index (Phi) is 5.28. The molecule has 2 aliphatic heterocycles. The van der Waals surface area contributed by atoms with Crippen LogP contribution in [0.2, 0.25) is 0 Å². The van der Waals surface area contributed by atoms with Gasteiger partial charge >= 0.3 is 0 Å². The molecule has 0 saturated carbocycles. The Morgan fingerprint density at radius 3 is 2.62 bits per heavy atom. The highest BCUT2D eigenvalue weighted by Gasteiger charge is 2.26. The van der Waals surface area contributed by atoms with Gasteiger partial charge in [-0.15, -0.1) is 0 Å². The lowest BCUT2D eigenvalue weighted by Gasteiger charge is -2.35. The fraction of sp³-hybridized carbons (Fsp3) is 0.667. The van der Waals surface area contributed by atoms with Gasteiger partial charge in [0.2, 0.25) is 0 Å². The van der Waals surface area contributed by atoms with E-state index in [1.807, 2.05) is 0 Å². The molecule has 0 radical (unpaired) electrons. The summed E-state index contributed by atoms with van der Waals surface area (Å²) in [7, 11) is 0. The third kappa shape index (κ3) is 4.29. The van der Waals surface area contributed by atoms with Crippen LogP contribution < -0.4 is 5.32 Å². The van der Waals surface area contributed by atoms with Crippen molar-refractivity contribution in [1.82, 2.24) is 10.2 Å². The quantitative estimate of drug-likeness (QED) is 0.901. The van der Waals surface area contributed by atoms with Crippen LogP contribution in [0.5, 0.6) is 0 Å². The largest absolute Gasteiger partial charge is 0.377 e. The molecule has 21 heavy (non-hydrogen) atoms. The van der Waals surface area contributed by atoms with Crippen LogP contribution in [0.1, 0.15) is 38.2 Å². The number of piperidine rings is 1. The van der Waals surface area contributed by atoms with Gasteiger partial charge in [0, 0.05) is 25.2 Å². The van der Waals surface area contributed by atoms with E-state index in [1.54, 1.807) is 0 Å². The zero-order chi connectivity index (χ0) is 14.5. The summed E-state index contributed by atoms with van der Waals surface area (Å²) in [5, 5.41) is 3.79. The minimum atomic E-state index is 0.437. The first-order valence-electron chi connectivity index (χ1n) is 8.45. The van der Waals surface area contributed by atoms with Crippen LogP contribution >= 0.6 is 0 Å². The number of benzene rings is 1. The van der Waals surface area contributed by atoms with E-state index in [1.165, 1.54) is 44.3 Å². The van der Waals surface area contributed by atoms with Crippen molar-refractivity contribution in [3.05, 3.63) is 35.9 Å². The highest BCUT2D eigenvalue weighted by atomic mass is 16.5. The molecule has 2 saturated heterocycles. The Labute approximate surface area is 128 Å². The molecule has 1 aromatic rings. The summed E-state index contributed by atoms with van der Waals surface area (Å²) in [6.07, 6.45) is 5.40. The maximum atomic E-state index is 5.78. The Bertz CT molecular complexity index is 408. The van der Waals surface area contributed by atoms with Gasteiger partial charge in [0.15, 0.2) is 0 Å². The molecule has 3 heteroatoms. The molecule has 0 aromatic heterocycles. The molecule has 1 N–H and O–H groups in total. The third-order valence-corrected chi connectivity index (χ3v) is 4.86. The van der Waals surface area contributed by atoms with Crippen LogP contribution in [0.25, 0.3) is 0 Å². The smallest absolute Gasteiger partial charge is 0.0726 e. The van der Waals surface area contributed by atoms with Gasteiger partial charge in [-0.1, -0.05) is 30.3 Å². The minimum Gasteiger partial charge on any atom is -0.377 e. The first-order chi connectivity index (χ1) is 10.3. The molecular formula is C18H28N2O. The minimum absolute atomic E-state index is 0.437. The van der Waals surface area contributed by atoms with E-state index in [-0.39, 0.29) is 0 Å². The molecule has 2 fully saturated rings. The number of hydrogen-bond acceptors (Lipinski definition) is 3. The van der Waals surface area contributed by atoms with E-state index in [9.17, 15) is 0 Å². The van der Waals surface area contributed by atoms with Crippen LogP contribution in [0, 0.1) is 0 Å². The van der Waals surface area contributed by atoms with Gasteiger partial charge in [-0.25, -0.2) is 0 Å². The van der Waals surface area contributed by atoms with Crippen molar-refractivity contribution >= 4 is 0 Å². The molecular weight excluding hydrogens is 260 g/mol. The molecule has 1 aromatic carbocycles. The van der Waals surface area contributed by atoms with E-state index < -0.39 is 0 Å². The third-order valence-electron chi connectivity index (χ3n) is 4.86.